The van der Waals surface area contributed by atoms with Crippen molar-refractivity contribution in [1.82, 2.24) is 4.90 Å². The molecule has 40 heavy (non-hydrogen) atoms. The van der Waals surface area contributed by atoms with E-state index < -0.39 is 35.1 Å². The fraction of sp³-hybridized carbons (Fsp3) is 0.567. The zero-order valence-corrected chi connectivity index (χ0v) is 23.5. The number of aliphatic hydroxyl groups is 2. The van der Waals surface area contributed by atoms with Gasteiger partial charge >= 0.3 is 0 Å². The summed E-state index contributed by atoms with van der Waals surface area (Å²) in [6, 6.07) is 9.18. The summed E-state index contributed by atoms with van der Waals surface area (Å²) in [7, 11) is 4.64. The van der Waals surface area contributed by atoms with E-state index in [4.69, 9.17) is 24.7 Å². The molecule has 1 saturated carbocycles. The van der Waals surface area contributed by atoms with Crippen LogP contribution in [0, 0.1) is 11.7 Å². The quantitative estimate of drug-likeness (QED) is 0.268. The lowest BCUT2D eigenvalue weighted by Crippen LogP contribution is -2.66. The number of methoxy groups -OCH3 is 3. The highest BCUT2D eigenvalue weighted by molar-refractivity contribution is 5.72. The molecule has 1 aliphatic carbocycles. The monoisotopic (exact) mass is 560 g/mol. The van der Waals surface area contributed by atoms with Crippen molar-refractivity contribution in [2.45, 2.75) is 55.5 Å². The number of nitrogens with two attached hydrogens (primary N) is 1. The highest BCUT2D eigenvalue weighted by Gasteiger charge is 2.61. The highest BCUT2D eigenvalue weighted by Crippen LogP contribution is 2.53. The average molecular weight is 561 g/mol. The Kier molecular flexibility index (Phi) is 9.68. The van der Waals surface area contributed by atoms with Crippen molar-refractivity contribution >= 4 is 6.41 Å². The number of morpholine rings is 1. The first-order valence-corrected chi connectivity index (χ1v) is 13.7. The molecule has 5 atom stereocenters. The molecule has 0 aromatic heterocycles. The molecule has 2 aliphatic rings. The van der Waals surface area contributed by atoms with E-state index in [-0.39, 0.29) is 31.6 Å². The van der Waals surface area contributed by atoms with Gasteiger partial charge in [-0.1, -0.05) is 12.1 Å². The first-order valence-electron chi connectivity index (χ1n) is 13.7. The molecule has 0 radical (unpaired) electrons. The third-order valence-corrected chi connectivity index (χ3v) is 8.50. The van der Waals surface area contributed by atoms with Crippen molar-refractivity contribution in [1.29, 1.82) is 0 Å². The third-order valence-electron chi connectivity index (χ3n) is 8.50. The molecule has 10 heteroatoms. The fourth-order valence-corrected chi connectivity index (χ4v) is 6.44. The topological polar surface area (TPSA) is 124 Å². The maximum absolute atomic E-state index is 15.9. The van der Waals surface area contributed by atoms with Crippen molar-refractivity contribution in [2.75, 3.05) is 47.6 Å². The summed E-state index contributed by atoms with van der Waals surface area (Å²) < 4.78 is 38.7. The van der Waals surface area contributed by atoms with Gasteiger partial charge in [-0.05, 0) is 67.3 Å². The van der Waals surface area contributed by atoms with Crippen molar-refractivity contribution in [2.24, 2.45) is 11.7 Å². The lowest BCUT2D eigenvalue weighted by Gasteiger charge is -2.55. The molecular formula is C30H41FN2O7. The van der Waals surface area contributed by atoms with Crippen molar-refractivity contribution in [3.8, 4) is 22.6 Å². The van der Waals surface area contributed by atoms with Crippen LogP contribution in [-0.2, 0) is 19.9 Å². The largest absolute Gasteiger partial charge is 0.497 e. The normalized spacial score (nSPS) is 26.4. The van der Waals surface area contributed by atoms with Crippen LogP contribution in [0.1, 0.15) is 37.7 Å². The molecule has 1 aliphatic heterocycles. The molecule has 0 unspecified atom stereocenters. The van der Waals surface area contributed by atoms with Gasteiger partial charge in [-0.3, -0.25) is 4.79 Å². The second kappa shape index (κ2) is 12.8. The van der Waals surface area contributed by atoms with E-state index >= 15 is 4.39 Å². The lowest BCUT2D eigenvalue weighted by atomic mass is 9.65. The number of carbonyl (C=O) groups is 1. The van der Waals surface area contributed by atoms with Gasteiger partial charge in [-0.25, -0.2) is 4.39 Å². The predicted octanol–water partition coefficient (Wildman–Crippen LogP) is 2.84. The number of unbranched alkanes of at least 4 members (excludes halogenated alkanes) is 1. The first-order chi connectivity index (χ1) is 19.2. The van der Waals surface area contributed by atoms with Crippen molar-refractivity contribution < 1.29 is 38.3 Å². The minimum absolute atomic E-state index is 0.0682. The molecule has 0 spiro atoms. The van der Waals surface area contributed by atoms with E-state index in [2.05, 4.69) is 0 Å². The van der Waals surface area contributed by atoms with E-state index in [1.165, 1.54) is 20.3 Å². The smallest absolute Gasteiger partial charge is 0.209 e. The maximum atomic E-state index is 15.9. The van der Waals surface area contributed by atoms with Crippen LogP contribution in [0.5, 0.6) is 11.5 Å². The number of rotatable bonds is 12. The van der Waals surface area contributed by atoms with Crippen LogP contribution in [-0.4, -0.2) is 86.9 Å². The molecule has 2 aromatic carbocycles. The summed E-state index contributed by atoms with van der Waals surface area (Å²) in [6.07, 6.45) is 2.00. The van der Waals surface area contributed by atoms with Crippen LogP contribution in [0.4, 0.5) is 4.39 Å². The van der Waals surface area contributed by atoms with E-state index in [1.807, 2.05) is 0 Å². The Morgan fingerprint density at radius 2 is 1.90 bits per heavy atom. The summed E-state index contributed by atoms with van der Waals surface area (Å²) in [5.74, 6) is -0.00575. The van der Waals surface area contributed by atoms with Gasteiger partial charge in [0.05, 0.1) is 33.5 Å². The minimum Gasteiger partial charge on any atom is -0.497 e. The summed E-state index contributed by atoms with van der Waals surface area (Å²) in [4.78, 5) is 13.6. The SMILES string of the molecule is COCCCC[C@@](O)(c1cccc(F)c1-c1cc(OC)cc(OC)c1)[C@@]1([C@H]2C[C@@H](N)[C@@H](O)C2)CN(C=O)CCO1. The van der Waals surface area contributed by atoms with E-state index in [0.717, 1.165) is 6.41 Å². The molecule has 4 N–H and O–H groups in total. The van der Waals surface area contributed by atoms with Crippen LogP contribution >= 0.6 is 0 Å². The number of amides is 1. The Hall–Kier alpha value is -2.76. The van der Waals surface area contributed by atoms with Crippen LogP contribution in [0.15, 0.2) is 36.4 Å². The number of carbonyl (C=O) groups excluding carboxylic acids is 1. The maximum Gasteiger partial charge on any atom is 0.209 e. The first kappa shape index (κ1) is 30.2. The van der Waals surface area contributed by atoms with Gasteiger partial charge in [0.25, 0.3) is 0 Å². The Balaban J connectivity index is 1.96. The number of benzene rings is 2. The predicted molar refractivity (Wildman–Crippen MR) is 148 cm³/mol. The fourth-order valence-electron chi connectivity index (χ4n) is 6.44. The van der Waals surface area contributed by atoms with Gasteiger partial charge in [-0.15, -0.1) is 0 Å². The van der Waals surface area contributed by atoms with Crippen LogP contribution < -0.4 is 15.2 Å². The Morgan fingerprint density at radius 1 is 1.18 bits per heavy atom. The molecule has 1 saturated heterocycles. The zero-order chi connectivity index (χ0) is 28.9. The Morgan fingerprint density at radius 3 is 2.50 bits per heavy atom. The number of halogens is 1. The summed E-state index contributed by atoms with van der Waals surface area (Å²) in [5, 5.41) is 23.7. The molecular weight excluding hydrogens is 519 g/mol. The van der Waals surface area contributed by atoms with Crippen molar-refractivity contribution in [3.05, 3.63) is 47.8 Å². The van der Waals surface area contributed by atoms with E-state index in [0.29, 0.717) is 55.0 Å². The number of hydrogen-bond donors (Lipinski definition) is 3. The molecule has 1 heterocycles. The van der Waals surface area contributed by atoms with E-state index in [1.54, 1.807) is 42.3 Å². The number of aliphatic hydroxyl groups excluding tert-OH is 1. The molecule has 1 amide bonds. The molecule has 2 aromatic rings. The Bertz CT molecular complexity index is 1130. The van der Waals surface area contributed by atoms with Gasteiger partial charge in [0, 0.05) is 37.9 Å². The summed E-state index contributed by atoms with van der Waals surface area (Å²) >= 11 is 0. The van der Waals surface area contributed by atoms with Gasteiger partial charge in [0.2, 0.25) is 6.41 Å². The molecule has 9 nitrogen and oxygen atoms in total. The molecule has 220 valence electrons. The van der Waals surface area contributed by atoms with Gasteiger partial charge in [0.1, 0.15) is 28.5 Å². The minimum atomic E-state index is -1.77. The van der Waals surface area contributed by atoms with E-state index in [9.17, 15) is 15.0 Å². The summed E-state index contributed by atoms with van der Waals surface area (Å²) in [5.41, 5.74) is 4.09. The summed E-state index contributed by atoms with van der Waals surface area (Å²) in [6.45, 7) is 1.09. The molecule has 4 rings (SSSR count). The van der Waals surface area contributed by atoms with Gasteiger partial charge in [-0.2, -0.15) is 0 Å². The second-order valence-corrected chi connectivity index (χ2v) is 10.8. The number of hydrogen-bond acceptors (Lipinski definition) is 8. The highest BCUT2D eigenvalue weighted by atomic mass is 19.1. The number of nitrogens with zero attached hydrogens (tertiary/aromatic N) is 1. The van der Waals surface area contributed by atoms with Crippen LogP contribution in [0.2, 0.25) is 0 Å². The molecule has 2 fully saturated rings. The zero-order valence-electron chi connectivity index (χ0n) is 23.5. The third kappa shape index (κ3) is 5.69. The second-order valence-electron chi connectivity index (χ2n) is 10.8. The van der Waals surface area contributed by atoms with Gasteiger partial charge < -0.3 is 39.8 Å². The van der Waals surface area contributed by atoms with Crippen molar-refractivity contribution in [3.63, 3.8) is 0 Å². The van der Waals surface area contributed by atoms with Gasteiger partial charge in [0.15, 0.2) is 0 Å². The van der Waals surface area contributed by atoms with Crippen LogP contribution in [0.3, 0.4) is 0 Å². The lowest BCUT2D eigenvalue weighted by molar-refractivity contribution is -0.246. The Labute approximate surface area is 235 Å². The van der Waals surface area contributed by atoms with Crippen LogP contribution in [0.25, 0.3) is 11.1 Å². The number of ether oxygens (including phenoxy) is 4. The molecule has 0 bridgehead atoms. The average Bonchev–Trinajstić information content (AvgIpc) is 3.32. The standard InChI is InChI=1S/C30H41FN2O7/c1-37-11-5-4-9-29(36,30(18-33(19-34)10-12-40-30)21-15-26(32)27(35)16-21)24-7-6-8-25(31)28(24)20-13-22(38-2)17-23(14-20)39-3/h6-8,13-14,17,19,21,26-27,35-36H,4-5,9-12,15-16,18,32H2,1-3H3/t21-,26+,27-,29+,30-/m0/s1.